The average molecular weight is 584 g/mol. The Balaban J connectivity index is 1.06. The zero-order valence-corrected chi connectivity index (χ0v) is 24.9. The summed E-state index contributed by atoms with van der Waals surface area (Å²) in [5, 5.41) is 0.0475. The maximum absolute atomic E-state index is 13.3. The van der Waals surface area contributed by atoms with E-state index < -0.39 is 0 Å². The van der Waals surface area contributed by atoms with Crippen LogP contribution in [0.25, 0.3) is 11.0 Å². The normalized spacial score (nSPS) is 23.9. The molecule has 3 atom stereocenters. The number of benzene rings is 2. The fourth-order valence-electron chi connectivity index (χ4n) is 8.16. The van der Waals surface area contributed by atoms with Gasteiger partial charge in [-0.25, -0.2) is 4.98 Å². The van der Waals surface area contributed by atoms with Gasteiger partial charge >= 0.3 is 0 Å². The second kappa shape index (κ2) is 11.0. The number of halogens is 1. The van der Waals surface area contributed by atoms with E-state index in [1.54, 1.807) is 0 Å². The Labute approximate surface area is 251 Å². The van der Waals surface area contributed by atoms with Crippen molar-refractivity contribution in [1.29, 1.82) is 0 Å². The fraction of sp³-hybridized carbons (Fsp3) is 0.441. The van der Waals surface area contributed by atoms with Crippen LogP contribution in [0.15, 0.2) is 71.7 Å². The van der Waals surface area contributed by atoms with Gasteiger partial charge in [0.2, 0.25) is 0 Å². The molecule has 3 saturated heterocycles. The molecule has 2 bridgehead atoms. The highest BCUT2D eigenvalue weighted by Crippen LogP contribution is 2.45. The lowest BCUT2D eigenvalue weighted by Gasteiger charge is -2.45. The summed E-state index contributed by atoms with van der Waals surface area (Å²) in [7, 11) is 0. The monoisotopic (exact) mass is 583 g/mol. The Bertz CT molecular complexity index is 1640. The van der Waals surface area contributed by atoms with Crippen molar-refractivity contribution >= 4 is 28.5 Å². The van der Waals surface area contributed by atoms with Crippen LogP contribution in [0, 0.1) is 6.92 Å². The third-order valence-electron chi connectivity index (χ3n) is 10.3. The van der Waals surface area contributed by atoms with Crippen LogP contribution >= 0.6 is 11.6 Å². The smallest absolute Gasteiger partial charge is 0.266 e. The minimum Gasteiger partial charge on any atom is -0.339 e. The Morgan fingerprint density at radius 2 is 1.69 bits per heavy atom. The largest absolute Gasteiger partial charge is 0.339 e. The van der Waals surface area contributed by atoms with Crippen molar-refractivity contribution in [3.05, 3.63) is 99.2 Å². The minimum atomic E-state index is -0.374. The van der Waals surface area contributed by atoms with E-state index in [0.29, 0.717) is 36.8 Å². The number of hydrogen-bond acceptors (Lipinski definition) is 4. The molecule has 0 unspecified atom stereocenters. The van der Waals surface area contributed by atoms with Gasteiger partial charge in [-0.15, -0.1) is 0 Å². The van der Waals surface area contributed by atoms with Crippen LogP contribution in [0.2, 0.25) is 5.02 Å². The average Bonchev–Trinajstić information content (AvgIpc) is 3.48. The van der Waals surface area contributed by atoms with E-state index in [2.05, 4.69) is 76.0 Å². The van der Waals surface area contributed by atoms with Crippen molar-refractivity contribution in [2.75, 3.05) is 19.6 Å². The van der Waals surface area contributed by atoms with Gasteiger partial charge in [-0.3, -0.25) is 14.5 Å². The highest BCUT2D eigenvalue weighted by Gasteiger charge is 2.44. The number of aryl methyl sites for hydroxylation is 1. The number of H-pyrrole nitrogens is 1. The van der Waals surface area contributed by atoms with Crippen LogP contribution in [0.1, 0.15) is 72.7 Å². The highest BCUT2D eigenvalue weighted by atomic mass is 35.5. The van der Waals surface area contributed by atoms with Gasteiger partial charge in [-0.2, -0.15) is 0 Å². The Hall–Kier alpha value is -3.42. The molecule has 2 aromatic carbocycles. The van der Waals surface area contributed by atoms with Crippen molar-refractivity contribution in [3.8, 4) is 0 Å². The molecule has 1 N–H and O–H groups in total. The van der Waals surface area contributed by atoms with Crippen molar-refractivity contribution in [3.63, 3.8) is 0 Å². The number of nitrogens with zero attached hydrogens (tertiary/aromatic N) is 4. The van der Waals surface area contributed by atoms with Crippen molar-refractivity contribution in [2.45, 2.75) is 75.4 Å². The number of likely N-dealkylation sites (tertiary alicyclic amines) is 1. The highest BCUT2D eigenvalue weighted by molar-refractivity contribution is 6.30. The zero-order valence-electron chi connectivity index (χ0n) is 24.1. The molecule has 0 spiro atoms. The fourth-order valence-corrected chi connectivity index (χ4v) is 8.34. The summed E-state index contributed by atoms with van der Waals surface area (Å²) in [5.41, 5.74) is 3.85. The molecule has 3 aliphatic rings. The number of carbonyl (C=O) groups is 1. The summed E-state index contributed by atoms with van der Waals surface area (Å²) in [5.74, 6) is 1.06. The van der Waals surface area contributed by atoms with Crippen LogP contribution in [-0.4, -0.2) is 62.0 Å². The SMILES string of the molecule is Cc1nc2ccccc2n1[C@H]1C[C@H]2CC[C@@H](C1)N2CCC1(c2ccccc2)CCN(C(=O)c2c[nH]c(=O)c(Cl)c2)CC1. The first-order chi connectivity index (χ1) is 20.4. The quantitative estimate of drug-likeness (QED) is 0.297. The summed E-state index contributed by atoms with van der Waals surface area (Å²) >= 11 is 6.01. The standard InChI is InChI=1S/C34H38ClN5O2/c1-23-37-30-9-5-6-10-31(30)40(23)28-20-26-11-12-27(21-28)39(26)18-15-34(25-7-3-2-4-8-25)13-16-38(17-14-34)33(42)24-19-29(35)32(41)36-22-24/h2-10,19,22,26-28H,11-18,20-21H2,1H3,(H,36,41)/t26-,27+,28+. The van der Waals surface area contributed by atoms with Crippen LogP contribution < -0.4 is 5.56 Å². The zero-order chi connectivity index (χ0) is 28.8. The lowest BCUT2D eigenvalue weighted by atomic mass is 9.70. The van der Waals surface area contributed by atoms with Gasteiger partial charge < -0.3 is 14.5 Å². The summed E-state index contributed by atoms with van der Waals surface area (Å²) < 4.78 is 2.51. The maximum Gasteiger partial charge on any atom is 0.266 e. The molecular formula is C34H38ClN5O2. The predicted molar refractivity (Wildman–Crippen MR) is 166 cm³/mol. The van der Waals surface area contributed by atoms with E-state index in [-0.39, 0.29) is 21.9 Å². The molecule has 42 heavy (non-hydrogen) atoms. The van der Waals surface area contributed by atoms with Gasteiger partial charge in [0.1, 0.15) is 10.8 Å². The van der Waals surface area contributed by atoms with E-state index in [1.165, 1.54) is 49.0 Å². The first kappa shape index (κ1) is 27.4. The molecule has 5 heterocycles. The molecule has 3 fully saturated rings. The summed E-state index contributed by atoms with van der Waals surface area (Å²) in [6.07, 6.45) is 9.32. The first-order valence-electron chi connectivity index (χ1n) is 15.3. The molecule has 218 valence electrons. The van der Waals surface area contributed by atoms with E-state index in [1.807, 2.05) is 4.90 Å². The van der Waals surface area contributed by atoms with E-state index in [4.69, 9.17) is 16.6 Å². The van der Waals surface area contributed by atoms with Crippen molar-refractivity contribution in [2.24, 2.45) is 0 Å². The maximum atomic E-state index is 13.3. The molecule has 4 aromatic rings. The number of aromatic nitrogens is 3. The Kier molecular flexibility index (Phi) is 7.19. The molecule has 0 aliphatic carbocycles. The lowest BCUT2D eigenvalue weighted by molar-refractivity contribution is 0.0606. The van der Waals surface area contributed by atoms with Crippen LogP contribution in [0.3, 0.4) is 0 Å². The van der Waals surface area contributed by atoms with Crippen molar-refractivity contribution < 1.29 is 4.79 Å². The second-order valence-electron chi connectivity index (χ2n) is 12.5. The lowest BCUT2D eigenvalue weighted by Crippen LogP contribution is -2.49. The van der Waals surface area contributed by atoms with E-state index >= 15 is 0 Å². The molecule has 3 aliphatic heterocycles. The third kappa shape index (κ3) is 4.86. The number of amides is 1. The molecule has 0 saturated carbocycles. The summed E-state index contributed by atoms with van der Waals surface area (Å²) in [4.78, 5) is 37.1. The second-order valence-corrected chi connectivity index (χ2v) is 12.9. The molecule has 8 heteroatoms. The number of imidazole rings is 1. The minimum absolute atomic E-state index is 0.0358. The molecule has 1 amide bonds. The number of fused-ring (bicyclic) bond motifs is 3. The van der Waals surface area contributed by atoms with E-state index in [9.17, 15) is 9.59 Å². The Morgan fingerprint density at radius 3 is 2.40 bits per heavy atom. The number of carbonyl (C=O) groups excluding carboxylic acids is 1. The number of para-hydroxylation sites is 2. The van der Waals surface area contributed by atoms with Gasteiger partial charge in [0.25, 0.3) is 11.5 Å². The molecule has 0 radical (unpaired) electrons. The van der Waals surface area contributed by atoms with Gasteiger partial charge in [0.15, 0.2) is 0 Å². The Morgan fingerprint density at radius 1 is 1.00 bits per heavy atom. The van der Waals surface area contributed by atoms with Gasteiger partial charge in [0, 0.05) is 37.4 Å². The number of nitrogens with one attached hydrogen (secondary N) is 1. The number of rotatable bonds is 6. The molecular weight excluding hydrogens is 546 g/mol. The van der Waals surface area contributed by atoms with Gasteiger partial charge in [-0.1, -0.05) is 54.1 Å². The summed E-state index contributed by atoms with van der Waals surface area (Å²) in [6, 6.07) is 22.7. The predicted octanol–water partition coefficient (Wildman–Crippen LogP) is 6.12. The van der Waals surface area contributed by atoms with Gasteiger partial charge in [-0.05, 0) is 87.6 Å². The summed E-state index contributed by atoms with van der Waals surface area (Å²) in [6.45, 7) is 4.61. The first-order valence-corrected chi connectivity index (χ1v) is 15.7. The van der Waals surface area contributed by atoms with E-state index in [0.717, 1.165) is 37.1 Å². The van der Waals surface area contributed by atoms with Crippen LogP contribution in [0.4, 0.5) is 0 Å². The topological polar surface area (TPSA) is 74.2 Å². The van der Waals surface area contributed by atoms with Crippen molar-refractivity contribution in [1.82, 2.24) is 24.3 Å². The van der Waals surface area contributed by atoms with Gasteiger partial charge in [0.05, 0.1) is 16.6 Å². The number of aromatic amines is 1. The molecule has 7 rings (SSSR count). The number of pyridine rings is 1. The van der Waals surface area contributed by atoms with Crippen LogP contribution in [-0.2, 0) is 5.41 Å². The number of piperidine rings is 2. The molecule has 2 aromatic heterocycles. The third-order valence-corrected chi connectivity index (χ3v) is 10.6. The number of hydrogen-bond donors (Lipinski definition) is 1. The van der Waals surface area contributed by atoms with Crippen LogP contribution in [0.5, 0.6) is 0 Å². The molecule has 7 nitrogen and oxygen atoms in total.